The van der Waals surface area contributed by atoms with Crippen LogP contribution in [0.3, 0.4) is 0 Å². The average Bonchev–Trinajstić information content (AvgIpc) is 3.24. The molecule has 42 heavy (non-hydrogen) atoms. The van der Waals surface area contributed by atoms with Gasteiger partial charge in [0.1, 0.15) is 11.0 Å². The Morgan fingerprint density at radius 1 is 1.14 bits per heavy atom. The van der Waals surface area contributed by atoms with Crippen molar-refractivity contribution in [2.45, 2.75) is 44.8 Å². The molecule has 0 atom stereocenters. The fraction of sp³-hybridized carbons (Fsp3) is 0.387. The van der Waals surface area contributed by atoms with Gasteiger partial charge < -0.3 is 15.3 Å². The van der Waals surface area contributed by atoms with Crippen LogP contribution in [0.1, 0.15) is 43.9 Å². The fourth-order valence-corrected chi connectivity index (χ4v) is 5.22. The molecule has 0 saturated carbocycles. The molecule has 1 aliphatic rings. The minimum absolute atomic E-state index is 0.137. The number of pyridine rings is 1. The van der Waals surface area contributed by atoms with E-state index in [0.717, 1.165) is 31.6 Å². The van der Waals surface area contributed by atoms with Gasteiger partial charge in [-0.1, -0.05) is 24.3 Å². The summed E-state index contributed by atoms with van der Waals surface area (Å²) in [4.78, 5) is 42.9. The molecule has 0 radical (unpaired) electrons. The number of hydrogen-bond donors (Lipinski definition) is 2. The van der Waals surface area contributed by atoms with Crippen LogP contribution in [0.5, 0.6) is 0 Å². The van der Waals surface area contributed by atoms with Crippen molar-refractivity contribution < 1.29 is 9.90 Å². The number of likely N-dealkylation sites (tertiary alicyclic amines) is 1. The van der Waals surface area contributed by atoms with Crippen LogP contribution in [-0.2, 0) is 16.9 Å². The van der Waals surface area contributed by atoms with Crippen LogP contribution in [0.15, 0.2) is 66.1 Å². The molecular weight excluding hydrogens is 532 g/mol. The van der Waals surface area contributed by atoms with Crippen LogP contribution in [0.4, 0.5) is 11.6 Å². The highest BCUT2D eigenvalue weighted by atomic mass is 16.3. The number of anilines is 2. The van der Waals surface area contributed by atoms with Crippen LogP contribution < -0.4 is 10.9 Å². The lowest BCUT2D eigenvalue weighted by Crippen LogP contribution is -2.40. The number of piperidine rings is 1. The van der Waals surface area contributed by atoms with Crippen molar-refractivity contribution in [2.75, 3.05) is 39.0 Å². The van der Waals surface area contributed by atoms with Gasteiger partial charge in [0, 0.05) is 26.0 Å². The molecule has 3 aromatic heterocycles. The summed E-state index contributed by atoms with van der Waals surface area (Å²) < 4.78 is 3.14. The monoisotopic (exact) mass is 570 g/mol. The summed E-state index contributed by atoms with van der Waals surface area (Å²) in [6, 6.07) is 13.6. The molecule has 0 unspecified atom stereocenters. The van der Waals surface area contributed by atoms with Crippen molar-refractivity contribution in [3.05, 3.63) is 82.9 Å². The summed E-state index contributed by atoms with van der Waals surface area (Å²) in [6.07, 6.45) is 5.18. The number of benzene rings is 1. The molecule has 11 nitrogen and oxygen atoms in total. The topological polar surface area (TPSA) is 121 Å². The molecule has 1 amide bonds. The number of carbonyl (C=O) groups is 1. The van der Waals surface area contributed by atoms with Crippen LogP contribution in [0, 0.1) is 0 Å². The molecule has 5 rings (SSSR count). The molecular formula is C31H38N8O3. The smallest absolute Gasteiger partial charge is 0.278 e. The Labute approximate surface area is 245 Å². The predicted octanol–water partition coefficient (Wildman–Crippen LogP) is 3.40. The Morgan fingerprint density at radius 3 is 2.50 bits per heavy atom. The first-order valence-corrected chi connectivity index (χ1v) is 14.1. The molecule has 0 bridgehead atoms. The largest absolute Gasteiger partial charge is 0.384 e. The number of rotatable bonds is 9. The lowest BCUT2D eigenvalue weighted by molar-refractivity contribution is -0.130. The molecule has 0 aliphatic carbocycles. The molecule has 11 heteroatoms. The molecule has 1 aliphatic heterocycles. The van der Waals surface area contributed by atoms with Gasteiger partial charge in [-0.05, 0) is 75.5 Å². The van der Waals surface area contributed by atoms with Gasteiger partial charge in [0.25, 0.3) is 5.56 Å². The zero-order valence-corrected chi connectivity index (χ0v) is 24.6. The second-order valence-electron chi connectivity index (χ2n) is 11.4. The van der Waals surface area contributed by atoms with Crippen molar-refractivity contribution in [3.63, 3.8) is 0 Å². The average molecular weight is 571 g/mol. The molecule has 1 fully saturated rings. The first kappa shape index (κ1) is 29.2. The Kier molecular flexibility index (Phi) is 8.24. The van der Waals surface area contributed by atoms with Crippen LogP contribution in [-0.4, -0.2) is 78.9 Å². The van der Waals surface area contributed by atoms with E-state index in [1.54, 1.807) is 61.8 Å². The number of likely N-dealkylation sites (N-methyl/N-ethyl adjacent to an activating group) is 1. The third kappa shape index (κ3) is 6.12. The zero-order valence-electron chi connectivity index (χ0n) is 24.6. The number of aliphatic hydroxyl groups is 1. The van der Waals surface area contributed by atoms with Gasteiger partial charge in [-0.2, -0.15) is 4.98 Å². The van der Waals surface area contributed by atoms with Crippen molar-refractivity contribution in [1.29, 1.82) is 0 Å². The van der Waals surface area contributed by atoms with E-state index in [2.05, 4.69) is 38.9 Å². The Hall–Kier alpha value is -4.35. The van der Waals surface area contributed by atoms with E-state index in [9.17, 15) is 14.7 Å². The highest BCUT2D eigenvalue weighted by Gasteiger charge is 2.24. The van der Waals surface area contributed by atoms with E-state index < -0.39 is 5.60 Å². The molecule has 0 spiro atoms. The van der Waals surface area contributed by atoms with Gasteiger partial charge >= 0.3 is 0 Å². The summed E-state index contributed by atoms with van der Waals surface area (Å²) >= 11 is 0. The number of aromatic nitrogens is 5. The van der Waals surface area contributed by atoms with Crippen LogP contribution in [0.25, 0.3) is 16.9 Å². The first-order chi connectivity index (χ1) is 20.0. The maximum atomic E-state index is 13.2. The second-order valence-corrected chi connectivity index (χ2v) is 11.4. The van der Waals surface area contributed by atoms with Crippen molar-refractivity contribution in [2.24, 2.45) is 0 Å². The Morgan fingerprint density at radius 2 is 1.86 bits per heavy atom. The number of fused-ring (bicyclic) bond motifs is 1. The second kappa shape index (κ2) is 11.9. The van der Waals surface area contributed by atoms with Gasteiger partial charge in [-0.25, -0.2) is 19.3 Å². The van der Waals surface area contributed by atoms with E-state index in [1.165, 1.54) is 16.4 Å². The van der Waals surface area contributed by atoms with Gasteiger partial charge in [0.15, 0.2) is 11.5 Å². The van der Waals surface area contributed by atoms with E-state index in [-0.39, 0.29) is 18.0 Å². The minimum atomic E-state index is -1.15. The van der Waals surface area contributed by atoms with Crippen molar-refractivity contribution in [3.8, 4) is 5.82 Å². The summed E-state index contributed by atoms with van der Waals surface area (Å²) in [6.45, 7) is 9.64. The molecule has 4 heterocycles. The van der Waals surface area contributed by atoms with Gasteiger partial charge in [-0.15, -0.1) is 6.58 Å². The normalized spacial score (nSPS) is 14.7. The number of nitrogens with one attached hydrogen (secondary N) is 1. The van der Waals surface area contributed by atoms with Crippen molar-refractivity contribution >= 4 is 28.6 Å². The maximum Gasteiger partial charge on any atom is 0.278 e. The molecule has 1 aromatic carbocycles. The van der Waals surface area contributed by atoms with Crippen molar-refractivity contribution in [1.82, 2.24) is 34.1 Å². The summed E-state index contributed by atoms with van der Waals surface area (Å²) in [5, 5.41) is 14.1. The Balaban J connectivity index is 1.37. The number of hydrogen-bond acceptors (Lipinski definition) is 8. The highest BCUT2D eigenvalue weighted by molar-refractivity contribution is 5.78. The first-order valence-electron chi connectivity index (χ1n) is 14.1. The molecule has 4 aromatic rings. The van der Waals surface area contributed by atoms with Gasteiger partial charge in [0.05, 0.1) is 18.8 Å². The minimum Gasteiger partial charge on any atom is -0.384 e. The SMILES string of the molecule is C=CCn1c(=O)c2cnc(Nc3ccc(C4CCN(CC(=O)N(C)C)CC4)cc3)nc2n1-c1cccc(C(C)(C)O)n1. The highest BCUT2D eigenvalue weighted by Crippen LogP contribution is 2.29. The number of allylic oxidation sites excluding steroid dienone is 1. The lowest BCUT2D eigenvalue weighted by Gasteiger charge is -2.32. The zero-order chi connectivity index (χ0) is 30.0. The lowest BCUT2D eigenvalue weighted by atomic mass is 9.89. The van der Waals surface area contributed by atoms with Gasteiger partial charge in [-0.3, -0.25) is 14.5 Å². The molecule has 2 N–H and O–H groups in total. The maximum absolute atomic E-state index is 13.2. The third-order valence-electron chi connectivity index (χ3n) is 7.64. The predicted molar refractivity (Wildman–Crippen MR) is 163 cm³/mol. The van der Waals surface area contributed by atoms with Gasteiger partial charge in [0.2, 0.25) is 11.9 Å². The quantitative estimate of drug-likeness (QED) is 0.294. The van der Waals surface area contributed by atoms with E-state index in [0.29, 0.717) is 41.0 Å². The number of nitrogens with zero attached hydrogens (tertiary/aromatic N) is 7. The van der Waals surface area contributed by atoms with E-state index in [1.807, 2.05) is 12.1 Å². The summed E-state index contributed by atoms with van der Waals surface area (Å²) in [5.41, 5.74) is 1.56. The molecule has 220 valence electrons. The summed E-state index contributed by atoms with van der Waals surface area (Å²) in [5.74, 6) is 1.38. The standard InChI is InChI=1S/C31H38N8O3/c1-6-16-38-29(41)24-19-32-30(35-28(24)39(38)26-9-7-8-25(34-26)31(2,3)42)33-23-12-10-21(11-13-23)22-14-17-37(18-15-22)20-27(40)36(4)5/h6-13,19,22,42H,1,14-18,20H2,2-5H3,(H,32,33,35). The summed E-state index contributed by atoms with van der Waals surface area (Å²) in [7, 11) is 3.58. The van der Waals surface area contributed by atoms with Crippen LogP contribution >= 0.6 is 0 Å². The van der Waals surface area contributed by atoms with Crippen LogP contribution in [0.2, 0.25) is 0 Å². The fourth-order valence-electron chi connectivity index (χ4n) is 5.22. The van der Waals surface area contributed by atoms with E-state index in [4.69, 9.17) is 4.98 Å². The number of carbonyl (C=O) groups excluding carboxylic acids is 1. The van der Waals surface area contributed by atoms with E-state index >= 15 is 0 Å². The number of amides is 1. The molecule has 1 saturated heterocycles. The Bertz CT molecular complexity index is 1640. The third-order valence-corrected chi connectivity index (χ3v) is 7.64.